The van der Waals surface area contributed by atoms with Crippen LogP contribution in [0, 0.1) is 0 Å². The van der Waals surface area contributed by atoms with Gasteiger partial charge in [0.15, 0.2) is 0 Å². The molecular weight excluding hydrogens is 262 g/mol. The van der Waals surface area contributed by atoms with Gasteiger partial charge in [-0.2, -0.15) is 8.42 Å². The predicted molar refractivity (Wildman–Crippen MR) is 49.1 cm³/mol. The third-order valence-corrected chi connectivity index (χ3v) is 3.02. The minimum atomic E-state index is -4.46. The van der Waals surface area contributed by atoms with Gasteiger partial charge in [-0.3, -0.25) is 4.55 Å². The van der Waals surface area contributed by atoms with Crippen LogP contribution in [0.5, 0.6) is 5.75 Å². The van der Waals surface area contributed by atoms with E-state index in [1.165, 1.54) is 0 Å². The molecule has 0 fully saturated rings. The van der Waals surface area contributed by atoms with E-state index in [-0.39, 0.29) is 46.8 Å². The van der Waals surface area contributed by atoms with Crippen molar-refractivity contribution in [3.63, 3.8) is 0 Å². The molecule has 0 aliphatic heterocycles. The van der Waals surface area contributed by atoms with E-state index in [9.17, 15) is 8.42 Å². The maximum Gasteiger partial charge on any atom is 1.00 e. The Morgan fingerprint density at radius 1 is 1.21 bits per heavy atom. The third-order valence-electron chi connectivity index (χ3n) is 1.24. The van der Waals surface area contributed by atoms with Crippen LogP contribution in [0.25, 0.3) is 0 Å². The summed E-state index contributed by atoms with van der Waals surface area (Å²) in [7, 11) is -4.46. The number of hydrogen-bond acceptors (Lipinski definition) is 3. The van der Waals surface area contributed by atoms with Crippen molar-refractivity contribution in [3.8, 4) is 5.75 Å². The topological polar surface area (TPSA) is 74.6 Å². The van der Waals surface area contributed by atoms with Crippen LogP contribution in [0.4, 0.5) is 0 Å². The van der Waals surface area contributed by atoms with Crippen molar-refractivity contribution in [1.29, 1.82) is 0 Å². The van der Waals surface area contributed by atoms with Crippen LogP contribution < -0.4 is 29.6 Å². The molecule has 0 aliphatic rings. The number of aromatic hydroxyl groups is 1. The first kappa shape index (κ1) is 14.5. The normalized spacial score (nSPS) is 10.8. The molecule has 0 aliphatic carbocycles. The van der Waals surface area contributed by atoms with E-state index >= 15 is 0 Å². The van der Waals surface area contributed by atoms with Gasteiger partial charge in [0.2, 0.25) is 0 Å². The molecule has 74 valence electrons. The van der Waals surface area contributed by atoms with Gasteiger partial charge in [-0.25, -0.2) is 0 Å². The molecule has 8 heteroatoms. The van der Waals surface area contributed by atoms with Gasteiger partial charge in [0.05, 0.1) is 10.0 Å². The number of rotatable bonds is 1. The minimum Gasteiger partial charge on any atom is -1.00 e. The standard InChI is InChI=1S/C6H4Cl2O4S.Na.H/c7-4-1-3(9)2-5(8)6(4)13(10,11)12;;/h1-2,9H,(H,10,11,12);;/q;+1;-1. The van der Waals surface area contributed by atoms with Gasteiger partial charge >= 0.3 is 29.6 Å². The summed E-state index contributed by atoms with van der Waals surface area (Å²) in [6, 6.07) is 1.94. The largest absolute Gasteiger partial charge is 1.00 e. The van der Waals surface area contributed by atoms with Crippen LogP contribution in [0.2, 0.25) is 10.0 Å². The van der Waals surface area contributed by atoms with Crippen LogP contribution in [-0.2, 0) is 10.1 Å². The number of hydrogen-bond donors (Lipinski definition) is 2. The molecule has 0 unspecified atom stereocenters. The summed E-state index contributed by atoms with van der Waals surface area (Å²) in [5.74, 6) is -0.276. The van der Waals surface area contributed by atoms with Crippen molar-refractivity contribution in [2.24, 2.45) is 0 Å². The van der Waals surface area contributed by atoms with Gasteiger partial charge in [0, 0.05) is 12.1 Å². The molecule has 0 heterocycles. The minimum absolute atomic E-state index is 0. The molecule has 0 spiro atoms. The molecular formula is C6H5Cl2NaO4S. The van der Waals surface area contributed by atoms with Gasteiger partial charge in [-0.15, -0.1) is 0 Å². The maximum atomic E-state index is 10.7. The molecule has 4 nitrogen and oxygen atoms in total. The Labute approximate surface area is 114 Å². The van der Waals surface area contributed by atoms with Crippen LogP contribution in [0.15, 0.2) is 17.0 Å². The zero-order valence-corrected chi connectivity index (χ0v) is 11.4. The fourth-order valence-corrected chi connectivity index (χ4v) is 2.46. The molecule has 14 heavy (non-hydrogen) atoms. The van der Waals surface area contributed by atoms with Crippen LogP contribution in [0.3, 0.4) is 0 Å². The second kappa shape index (κ2) is 5.03. The SMILES string of the molecule is O=S(=O)(O)c1c(Cl)cc(O)cc1Cl.[H-].[Na+]. The average Bonchev–Trinajstić information content (AvgIpc) is 1.78. The summed E-state index contributed by atoms with van der Waals surface area (Å²) in [6.45, 7) is 0. The van der Waals surface area contributed by atoms with Crippen molar-refractivity contribution in [3.05, 3.63) is 22.2 Å². The number of benzene rings is 1. The predicted octanol–water partition coefficient (Wildman–Crippen LogP) is -0.938. The Balaban J connectivity index is 0. The molecule has 0 bridgehead atoms. The second-order valence-corrected chi connectivity index (χ2v) is 4.39. The molecule has 0 radical (unpaired) electrons. The number of halogens is 2. The van der Waals surface area contributed by atoms with Gasteiger partial charge in [0.25, 0.3) is 10.1 Å². The van der Waals surface area contributed by atoms with Crippen molar-refractivity contribution in [2.75, 3.05) is 0 Å². The van der Waals surface area contributed by atoms with E-state index in [4.69, 9.17) is 32.9 Å². The number of phenolic OH excluding ortho intramolecular Hbond substituents is 1. The first-order valence-electron chi connectivity index (χ1n) is 2.98. The molecule has 1 rings (SSSR count). The summed E-state index contributed by atoms with van der Waals surface area (Å²) < 4.78 is 30.0. The van der Waals surface area contributed by atoms with Gasteiger partial charge in [0.1, 0.15) is 10.6 Å². The Morgan fingerprint density at radius 2 is 1.57 bits per heavy atom. The van der Waals surface area contributed by atoms with Gasteiger partial charge < -0.3 is 6.53 Å². The Bertz CT molecular complexity index is 427. The molecule has 1 aromatic rings. The molecule has 0 amide bonds. The van der Waals surface area contributed by atoms with E-state index in [1.54, 1.807) is 0 Å². The van der Waals surface area contributed by atoms with Crippen molar-refractivity contribution in [2.45, 2.75) is 4.90 Å². The summed E-state index contributed by atoms with van der Waals surface area (Å²) >= 11 is 10.9. The summed E-state index contributed by atoms with van der Waals surface area (Å²) in [6.07, 6.45) is 0. The molecule has 0 atom stereocenters. The van der Waals surface area contributed by atoms with E-state index in [0.717, 1.165) is 12.1 Å². The fraction of sp³-hybridized carbons (Fsp3) is 0. The molecule has 2 N–H and O–H groups in total. The van der Waals surface area contributed by atoms with Crippen molar-refractivity contribution < 1.29 is 49.1 Å². The molecule has 0 saturated carbocycles. The van der Waals surface area contributed by atoms with E-state index < -0.39 is 15.0 Å². The molecule has 0 aromatic heterocycles. The first-order valence-corrected chi connectivity index (χ1v) is 5.17. The quantitative estimate of drug-likeness (QED) is 0.509. The van der Waals surface area contributed by atoms with Crippen molar-refractivity contribution >= 4 is 33.3 Å². The summed E-state index contributed by atoms with van der Waals surface area (Å²) in [5.41, 5.74) is 0. The Hall–Kier alpha value is 0.510. The van der Waals surface area contributed by atoms with E-state index in [1.807, 2.05) is 0 Å². The monoisotopic (exact) mass is 266 g/mol. The zero-order chi connectivity index (χ0) is 10.2. The second-order valence-electron chi connectivity index (χ2n) is 2.21. The number of phenols is 1. The smallest absolute Gasteiger partial charge is 1.00 e. The van der Waals surface area contributed by atoms with E-state index in [0.29, 0.717) is 0 Å². The van der Waals surface area contributed by atoms with E-state index in [2.05, 4.69) is 0 Å². The first-order chi connectivity index (χ1) is 5.82. The maximum absolute atomic E-state index is 10.7. The van der Waals surface area contributed by atoms with Crippen LogP contribution in [-0.4, -0.2) is 18.1 Å². The molecule has 1 aromatic carbocycles. The molecule has 0 saturated heterocycles. The Kier molecular flexibility index (Phi) is 5.21. The van der Waals surface area contributed by atoms with Crippen LogP contribution in [0.1, 0.15) is 1.43 Å². The summed E-state index contributed by atoms with van der Waals surface area (Å²) in [5, 5.41) is 8.29. The fourth-order valence-electron chi connectivity index (χ4n) is 0.793. The zero-order valence-electron chi connectivity index (χ0n) is 8.03. The Morgan fingerprint density at radius 3 is 1.86 bits per heavy atom. The average molecular weight is 267 g/mol. The van der Waals surface area contributed by atoms with Gasteiger partial charge in [-0.1, -0.05) is 23.2 Å². The van der Waals surface area contributed by atoms with Crippen molar-refractivity contribution in [1.82, 2.24) is 0 Å². The van der Waals surface area contributed by atoms with Crippen LogP contribution >= 0.6 is 23.2 Å². The summed E-state index contributed by atoms with van der Waals surface area (Å²) in [4.78, 5) is -0.603. The third kappa shape index (κ3) is 3.27. The van der Waals surface area contributed by atoms with Gasteiger partial charge in [-0.05, 0) is 0 Å².